The van der Waals surface area contributed by atoms with Crippen molar-refractivity contribution >= 4 is 27.4 Å². The first-order chi connectivity index (χ1) is 13.9. The average molecular weight is 407 g/mol. The third-order valence-electron chi connectivity index (χ3n) is 4.56. The molecule has 0 N–H and O–H groups in total. The van der Waals surface area contributed by atoms with Gasteiger partial charge in [0.25, 0.3) is 10.0 Å². The minimum atomic E-state index is -4.16. The number of sulfonamides is 1. The molecule has 1 aliphatic rings. The van der Waals surface area contributed by atoms with E-state index < -0.39 is 21.9 Å². The van der Waals surface area contributed by atoms with Crippen LogP contribution in [0.5, 0.6) is 0 Å². The number of urea groups is 1. The van der Waals surface area contributed by atoms with E-state index in [0.29, 0.717) is 9.87 Å². The van der Waals surface area contributed by atoms with Crippen molar-refractivity contribution in [2.24, 2.45) is 0 Å². The predicted molar refractivity (Wildman–Crippen MR) is 105 cm³/mol. The largest absolute Gasteiger partial charge is 0.343 e. The minimum Gasteiger partial charge on any atom is -0.287 e. The number of amides is 2. The van der Waals surface area contributed by atoms with Gasteiger partial charge in [-0.2, -0.15) is 9.57 Å². The first-order valence-corrected chi connectivity index (χ1v) is 10.1. The van der Waals surface area contributed by atoms with Crippen LogP contribution in [0.1, 0.15) is 11.1 Å². The third-order valence-corrected chi connectivity index (χ3v) is 6.31. The maximum Gasteiger partial charge on any atom is 0.343 e. The second-order valence-electron chi connectivity index (χ2n) is 6.39. The van der Waals surface area contributed by atoms with E-state index in [2.05, 4.69) is 0 Å². The van der Waals surface area contributed by atoms with E-state index in [1.807, 2.05) is 6.07 Å². The Morgan fingerprint density at radius 1 is 0.931 bits per heavy atom. The molecule has 1 aliphatic heterocycles. The number of carbonyl (C=O) groups excluding carboxylic acids is 1. The van der Waals surface area contributed by atoms with Gasteiger partial charge in [0, 0.05) is 0 Å². The zero-order valence-corrected chi connectivity index (χ0v) is 15.8. The Bertz CT molecular complexity index is 1230. The molecule has 6 nitrogen and oxygen atoms in total. The number of fused-ring (bicyclic) bond motifs is 1. The quantitative estimate of drug-likeness (QED) is 0.656. The standard InChI is InChI=1S/C21H14FN3O3S/c22-17-9-11-18(12-10-17)25-21(26)24(14-16-7-5-15(13-23)6-8-16)19-3-1-2-4-20(19)29(25,27)28/h1-12H,14H2. The van der Waals surface area contributed by atoms with Crippen molar-refractivity contribution in [1.82, 2.24) is 0 Å². The molecule has 2 amide bonds. The van der Waals surface area contributed by atoms with Gasteiger partial charge in [-0.15, -0.1) is 0 Å². The molecule has 3 aromatic carbocycles. The molecule has 0 unspecified atom stereocenters. The number of rotatable bonds is 3. The molecule has 29 heavy (non-hydrogen) atoms. The summed E-state index contributed by atoms with van der Waals surface area (Å²) in [6.45, 7) is 0.106. The summed E-state index contributed by atoms with van der Waals surface area (Å²) in [5.41, 5.74) is 1.52. The van der Waals surface area contributed by atoms with E-state index in [-0.39, 0.29) is 22.8 Å². The molecule has 144 valence electrons. The van der Waals surface area contributed by atoms with E-state index >= 15 is 0 Å². The summed E-state index contributed by atoms with van der Waals surface area (Å²) < 4.78 is 40.3. The van der Waals surface area contributed by atoms with Gasteiger partial charge in [0.15, 0.2) is 0 Å². The van der Waals surface area contributed by atoms with Gasteiger partial charge in [-0.3, -0.25) is 4.90 Å². The van der Waals surface area contributed by atoms with Crippen molar-refractivity contribution < 1.29 is 17.6 Å². The van der Waals surface area contributed by atoms with E-state index in [1.54, 1.807) is 42.5 Å². The summed E-state index contributed by atoms with van der Waals surface area (Å²) in [4.78, 5) is 14.6. The second-order valence-corrected chi connectivity index (χ2v) is 8.15. The zero-order chi connectivity index (χ0) is 20.6. The Balaban J connectivity index is 1.83. The van der Waals surface area contributed by atoms with Crippen molar-refractivity contribution in [2.75, 3.05) is 9.21 Å². The number of nitrogens with zero attached hydrogens (tertiary/aromatic N) is 3. The Hall–Kier alpha value is -3.70. The van der Waals surface area contributed by atoms with Crippen LogP contribution < -0.4 is 9.21 Å². The average Bonchev–Trinajstić information content (AvgIpc) is 2.73. The lowest BCUT2D eigenvalue weighted by atomic mass is 10.1. The van der Waals surface area contributed by atoms with Crippen LogP contribution in [0.3, 0.4) is 0 Å². The molecule has 0 saturated carbocycles. The summed E-state index contributed by atoms with van der Waals surface area (Å²) in [6, 6.07) is 18.9. The topological polar surface area (TPSA) is 81.5 Å². The molecule has 0 aromatic heterocycles. The molecule has 4 rings (SSSR count). The monoisotopic (exact) mass is 407 g/mol. The van der Waals surface area contributed by atoms with Crippen molar-refractivity contribution in [2.45, 2.75) is 11.4 Å². The number of hydrogen-bond acceptors (Lipinski definition) is 4. The number of anilines is 2. The molecular formula is C21H14FN3O3S. The van der Waals surface area contributed by atoms with Gasteiger partial charge in [0.1, 0.15) is 10.7 Å². The van der Waals surface area contributed by atoms with Crippen molar-refractivity contribution in [3.05, 3.63) is 89.7 Å². The Morgan fingerprint density at radius 2 is 1.59 bits per heavy atom. The SMILES string of the molecule is N#Cc1ccc(CN2C(=O)N(c3ccc(F)cc3)S(=O)(=O)c3ccccc32)cc1. The highest BCUT2D eigenvalue weighted by atomic mass is 32.2. The van der Waals surface area contributed by atoms with E-state index in [1.165, 1.54) is 23.1 Å². The molecule has 0 atom stereocenters. The van der Waals surface area contributed by atoms with E-state index in [0.717, 1.165) is 17.7 Å². The van der Waals surface area contributed by atoms with Crippen LogP contribution in [0.2, 0.25) is 0 Å². The fraction of sp³-hybridized carbons (Fsp3) is 0.0476. The van der Waals surface area contributed by atoms with Crippen LogP contribution in [0.25, 0.3) is 0 Å². The van der Waals surface area contributed by atoms with Gasteiger partial charge < -0.3 is 0 Å². The van der Waals surface area contributed by atoms with Crippen LogP contribution in [0.4, 0.5) is 20.6 Å². The summed E-state index contributed by atoms with van der Waals surface area (Å²) in [5.74, 6) is -0.537. The van der Waals surface area contributed by atoms with E-state index in [4.69, 9.17) is 5.26 Å². The molecule has 0 spiro atoms. The molecule has 1 heterocycles. The van der Waals surface area contributed by atoms with E-state index in [9.17, 15) is 17.6 Å². The number of halogens is 1. The number of hydrogen-bond donors (Lipinski definition) is 0. The molecule has 3 aromatic rings. The van der Waals surface area contributed by atoms with Gasteiger partial charge in [0.05, 0.1) is 29.6 Å². The molecule has 0 aliphatic carbocycles. The molecule has 8 heteroatoms. The number of para-hydroxylation sites is 1. The minimum absolute atomic E-state index is 0.0161. The molecule has 0 fully saturated rings. The van der Waals surface area contributed by atoms with Crippen LogP contribution in [0.15, 0.2) is 77.7 Å². The first kappa shape index (κ1) is 18.7. The third kappa shape index (κ3) is 3.22. The zero-order valence-electron chi connectivity index (χ0n) is 15.0. The maximum absolute atomic E-state index is 13.3. The molecular weight excluding hydrogens is 393 g/mol. The molecule has 0 bridgehead atoms. The first-order valence-electron chi connectivity index (χ1n) is 8.62. The van der Waals surface area contributed by atoms with Gasteiger partial charge in [-0.25, -0.2) is 17.6 Å². The summed E-state index contributed by atoms with van der Waals surface area (Å²) in [5, 5.41) is 8.95. The van der Waals surface area contributed by atoms with Crippen LogP contribution in [-0.4, -0.2) is 14.4 Å². The lowest BCUT2D eigenvalue weighted by molar-refractivity contribution is 0.253. The van der Waals surface area contributed by atoms with Gasteiger partial charge in [0.2, 0.25) is 0 Å². The van der Waals surface area contributed by atoms with Crippen LogP contribution >= 0.6 is 0 Å². The second kappa shape index (κ2) is 7.04. The Labute approximate surface area is 167 Å². The number of benzene rings is 3. The van der Waals surface area contributed by atoms with Crippen molar-refractivity contribution in [1.29, 1.82) is 5.26 Å². The highest BCUT2D eigenvalue weighted by Gasteiger charge is 2.42. The lowest BCUT2D eigenvalue weighted by Crippen LogP contribution is -2.50. The Kier molecular flexibility index (Phi) is 4.53. The summed E-state index contributed by atoms with van der Waals surface area (Å²) in [7, 11) is -4.16. The number of carbonyl (C=O) groups is 1. The summed E-state index contributed by atoms with van der Waals surface area (Å²) >= 11 is 0. The fourth-order valence-electron chi connectivity index (χ4n) is 3.16. The number of nitriles is 1. The highest BCUT2D eigenvalue weighted by molar-refractivity contribution is 7.94. The van der Waals surface area contributed by atoms with Gasteiger partial charge in [-0.1, -0.05) is 24.3 Å². The van der Waals surface area contributed by atoms with Crippen molar-refractivity contribution in [3.63, 3.8) is 0 Å². The van der Waals surface area contributed by atoms with Gasteiger partial charge >= 0.3 is 6.03 Å². The fourth-order valence-corrected chi connectivity index (χ4v) is 4.75. The molecule has 0 saturated heterocycles. The highest BCUT2D eigenvalue weighted by Crippen LogP contribution is 2.37. The van der Waals surface area contributed by atoms with Crippen molar-refractivity contribution in [3.8, 4) is 6.07 Å². The van der Waals surface area contributed by atoms with Gasteiger partial charge in [-0.05, 0) is 54.1 Å². The Morgan fingerprint density at radius 3 is 2.24 bits per heavy atom. The predicted octanol–water partition coefficient (Wildman–Crippen LogP) is 4.03. The maximum atomic E-state index is 13.3. The smallest absolute Gasteiger partial charge is 0.287 e. The van der Waals surface area contributed by atoms with Crippen LogP contribution in [0, 0.1) is 17.1 Å². The summed E-state index contributed by atoms with van der Waals surface area (Å²) in [6.07, 6.45) is 0. The van der Waals surface area contributed by atoms with Crippen LogP contribution in [-0.2, 0) is 16.6 Å². The normalized spacial score (nSPS) is 15.0. The lowest BCUT2D eigenvalue weighted by Gasteiger charge is -2.36. The molecule has 0 radical (unpaired) electrons.